The van der Waals surface area contributed by atoms with Crippen LogP contribution in [-0.2, 0) is 4.79 Å². The molecule has 0 bridgehead atoms. The Labute approximate surface area is 104 Å². The molecule has 1 heterocycles. The van der Waals surface area contributed by atoms with Gasteiger partial charge in [0.2, 0.25) is 5.91 Å². The second kappa shape index (κ2) is 5.83. The Balaban J connectivity index is 1.81. The van der Waals surface area contributed by atoms with E-state index < -0.39 is 0 Å². The third-order valence-electron chi connectivity index (χ3n) is 4.02. The summed E-state index contributed by atoms with van der Waals surface area (Å²) in [6.07, 6.45) is 6.29. The third kappa shape index (κ3) is 3.19. The van der Waals surface area contributed by atoms with E-state index in [4.69, 9.17) is 5.73 Å². The Hall–Kier alpha value is -0.610. The monoisotopic (exact) mass is 239 g/mol. The Kier molecular flexibility index (Phi) is 4.40. The minimum absolute atomic E-state index is 0.285. The van der Waals surface area contributed by atoms with Crippen LogP contribution in [0, 0.1) is 0 Å². The van der Waals surface area contributed by atoms with E-state index in [9.17, 15) is 4.79 Å². The van der Waals surface area contributed by atoms with Crippen molar-refractivity contribution >= 4 is 5.91 Å². The molecule has 2 fully saturated rings. The van der Waals surface area contributed by atoms with Gasteiger partial charge < -0.3 is 10.6 Å². The first-order valence-electron chi connectivity index (χ1n) is 6.98. The van der Waals surface area contributed by atoms with Gasteiger partial charge in [0.1, 0.15) is 0 Å². The van der Waals surface area contributed by atoms with Crippen LogP contribution in [0.2, 0.25) is 0 Å². The zero-order valence-electron chi connectivity index (χ0n) is 10.9. The van der Waals surface area contributed by atoms with Crippen LogP contribution in [0.25, 0.3) is 0 Å². The number of carbonyl (C=O) groups is 1. The summed E-state index contributed by atoms with van der Waals surface area (Å²) in [5.74, 6) is 0.298. The first-order chi connectivity index (χ1) is 8.20. The highest BCUT2D eigenvalue weighted by atomic mass is 16.2. The van der Waals surface area contributed by atoms with E-state index >= 15 is 0 Å². The highest BCUT2D eigenvalue weighted by Crippen LogP contribution is 2.22. The van der Waals surface area contributed by atoms with Crippen molar-refractivity contribution in [2.24, 2.45) is 5.73 Å². The van der Waals surface area contributed by atoms with Gasteiger partial charge in [-0.05, 0) is 19.8 Å². The van der Waals surface area contributed by atoms with E-state index in [1.54, 1.807) is 0 Å². The highest BCUT2D eigenvalue weighted by Gasteiger charge is 2.29. The van der Waals surface area contributed by atoms with Crippen molar-refractivity contribution in [1.29, 1.82) is 0 Å². The van der Waals surface area contributed by atoms with E-state index in [1.165, 1.54) is 32.1 Å². The second-order valence-corrected chi connectivity index (χ2v) is 5.43. The van der Waals surface area contributed by atoms with Crippen molar-refractivity contribution in [3.05, 3.63) is 0 Å². The van der Waals surface area contributed by atoms with Gasteiger partial charge in [0.05, 0.1) is 6.54 Å². The lowest BCUT2D eigenvalue weighted by molar-refractivity contribution is -0.136. The summed E-state index contributed by atoms with van der Waals surface area (Å²) >= 11 is 0. The molecule has 0 unspecified atom stereocenters. The van der Waals surface area contributed by atoms with Gasteiger partial charge in [-0.15, -0.1) is 0 Å². The van der Waals surface area contributed by atoms with Gasteiger partial charge in [-0.3, -0.25) is 9.69 Å². The summed E-state index contributed by atoms with van der Waals surface area (Å²) in [5.41, 5.74) is 5.73. The van der Waals surface area contributed by atoms with Crippen molar-refractivity contribution in [1.82, 2.24) is 9.80 Å². The molecule has 4 heteroatoms. The smallest absolute Gasteiger partial charge is 0.236 e. The summed E-state index contributed by atoms with van der Waals surface area (Å²) < 4.78 is 0. The molecule has 4 nitrogen and oxygen atoms in total. The molecule has 2 N–H and O–H groups in total. The fourth-order valence-corrected chi connectivity index (χ4v) is 3.05. The quantitative estimate of drug-likeness (QED) is 0.790. The van der Waals surface area contributed by atoms with Gasteiger partial charge in [0.25, 0.3) is 0 Å². The lowest BCUT2D eigenvalue weighted by atomic mass is 9.94. The van der Waals surface area contributed by atoms with Crippen LogP contribution in [0.1, 0.15) is 39.0 Å². The van der Waals surface area contributed by atoms with Crippen LogP contribution >= 0.6 is 0 Å². The lowest BCUT2D eigenvalue weighted by Gasteiger charge is -2.39. The minimum Gasteiger partial charge on any atom is -0.339 e. The van der Waals surface area contributed by atoms with Crippen molar-refractivity contribution in [3.8, 4) is 0 Å². The fourth-order valence-electron chi connectivity index (χ4n) is 3.05. The number of nitrogens with zero attached hydrogens (tertiary/aromatic N) is 2. The Bertz CT molecular complexity index is 257. The average molecular weight is 239 g/mol. The van der Waals surface area contributed by atoms with Gasteiger partial charge in [-0.25, -0.2) is 0 Å². The number of hydrogen-bond donors (Lipinski definition) is 1. The van der Waals surface area contributed by atoms with Crippen molar-refractivity contribution in [3.63, 3.8) is 0 Å². The number of carbonyl (C=O) groups excluding carboxylic acids is 1. The maximum atomic E-state index is 12.2. The fraction of sp³-hybridized carbons (Fsp3) is 0.923. The van der Waals surface area contributed by atoms with Crippen molar-refractivity contribution < 1.29 is 4.79 Å². The number of nitrogens with two attached hydrogens (primary N) is 1. The number of amides is 1. The average Bonchev–Trinajstić information content (AvgIpc) is 2.29. The molecule has 98 valence electrons. The van der Waals surface area contributed by atoms with Crippen molar-refractivity contribution in [2.75, 3.05) is 26.2 Å². The summed E-state index contributed by atoms with van der Waals surface area (Å²) in [5, 5.41) is 0. The van der Waals surface area contributed by atoms with Gasteiger partial charge in [0.15, 0.2) is 0 Å². The molecule has 0 atom stereocenters. The molecule has 1 amide bonds. The molecule has 17 heavy (non-hydrogen) atoms. The molecule has 0 spiro atoms. The standard InChI is InChI=1S/C13H25N3O/c1-2-16(12-6-4-3-5-7-12)13(17)10-15-8-11(14)9-15/h11-12H,2-10,14H2,1H3. The van der Waals surface area contributed by atoms with Gasteiger partial charge in [-0.1, -0.05) is 19.3 Å². The van der Waals surface area contributed by atoms with Crippen molar-refractivity contribution in [2.45, 2.75) is 51.1 Å². The number of rotatable bonds is 4. The Morgan fingerprint density at radius 2 is 1.94 bits per heavy atom. The Morgan fingerprint density at radius 1 is 1.29 bits per heavy atom. The molecule has 1 aliphatic carbocycles. The number of likely N-dealkylation sites (tertiary alicyclic amines) is 1. The maximum Gasteiger partial charge on any atom is 0.236 e. The molecular weight excluding hydrogens is 214 g/mol. The van der Waals surface area contributed by atoms with Crippen LogP contribution in [0.5, 0.6) is 0 Å². The molecule has 2 aliphatic rings. The summed E-state index contributed by atoms with van der Waals surface area (Å²) in [7, 11) is 0. The van der Waals surface area contributed by atoms with Crippen LogP contribution in [-0.4, -0.2) is 54.0 Å². The molecule has 2 rings (SSSR count). The molecule has 1 aliphatic heterocycles. The van der Waals surface area contributed by atoms with Crippen LogP contribution in [0.3, 0.4) is 0 Å². The van der Waals surface area contributed by atoms with E-state index in [-0.39, 0.29) is 6.04 Å². The second-order valence-electron chi connectivity index (χ2n) is 5.43. The van der Waals surface area contributed by atoms with Gasteiger partial charge in [0, 0.05) is 31.7 Å². The van der Waals surface area contributed by atoms with Crippen LogP contribution in [0.15, 0.2) is 0 Å². The number of likely N-dealkylation sites (N-methyl/N-ethyl adjacent to an activating group) is 1. The maximum absolute atomic E-state index is 12.2. The Morgan fingerprint density at radius 3 is 2.47 bits per heavy atom. The zero-order chi connectivity index (χ0) is 12.3. The molecule has 1 saturated carbocycles. The predicted octanol–water partition coefficient (Wildman–Crippen LogP) is 0.811. The largest absolute Gasteiger partial charge is 0.339 e. The molecule has 0 aromatic rings. The van der Waals surface area contributed by atoms with E-state index in [2.05, 4.69) is 16.7 Å². The van der Waals surface area contributed by atoms with Crippen LogP contribution in [0.4, 0.5) is 0 Å². The molecule has 0 aromatic heterocycles. The molecular formula is C13H25N3O. The first kappa shape index (κ1) is 12.8. The van der Waals surface area contributed by atoms with Crippen LogP contribution < -0.4 is 5.73 Å². The third-order valence-corrected chi connectivity index (χ3v) is 4.02. The number of hydrogen-bond acceptors (Lipinski definition) is 3. The van der Waals surface area contributed by atoms with E-state index in [0.717, 1.165) is 19.6 Å². The molecule has 1 saturated heterocycles. The predicted molar refractivity (Wildman–Crippen MR) is 68.7 cm³/mol. The van der Waals surface area contributed by atoms with Gasteiger partial charge >= 0.3 is 0 Å². The van der Waals surface area contributed by atoms with Gasteiger partial charge in [-0.2, -0.15) is 0 Å². The topological polar surface area (TPSA) is 49.6 Å². The summed E-state index contributed by atoms with van der Waals surface area (Å²) in [6, 6.07) is 0.781. The summed E-state index contributed by atoms with van der Waals surface area (Å²) in [6.45, 7) is 5.28. The normalized spacial score (nSPS) is 23.4. The molecule has 0 radical (unpaired) electrons. The van der Waals surface area contributed by atoms with E-state index in [1.807, 2.05) is 0 Å². The summed E-state index contributed by atoms with van der Waals surface area (Å²) in [4.78, 5) is 16.5. The molecule has 0 aromatic carbocycles. The lowest BCUT2D eigenvalue weighted by Crippen LogP contribution is -2.58. The minimum atomic E-state index is 0.285. The SMILES string of the molecule is CCN(C(=O)CN1CC(N)C1)C1CCCCC1. The first-order valence-corrected chi connectivity index (χ1v) is 6.98. The highest BCUT2D eigenvalue weighted by molar-refractivity contribution is 5.78. The zero-order valence-corrected chi connectivity index (χ0v) is 10.9. The van der Waals surface area contributed by atoms with E-state index in [0.29, 0.717) is 18.5 Å².